The quantitative estimate of drug-likeness (QED) is 0.107. The predicted molar refractivity (Wildman–Crippen MR) is 163 cm³/mol. The smallest absolute Gasteiger partial charge is 0.223 e. The lowest BCUT2D eigenvalue weighted by molar-refractivity contribution is -2.00. The van der Waals surface area contributed by atoms with Gasteiger partial charge in [0.1, 0.15) is 0 Å². The summed E-state index contributed by atoms with van der Waals surface area (Å²) >= 11 is 0. The van der Waals surface area contributed by atoms with E-state index >= 15 is 0 Å². The Bertz CT molecular complexity index is 1790. The van der Waals surface area contributed by atoms with E-state index in [9.17, 15) is 0 Å². The zero-order valence-electron chi connectivity index (χ0n) is 27.9. The fraction of sp³-hybridized carbons (Fsp3) is 0.278. The summed E-state index contributed by atoms with van der Waals surface area (Å²) in [7, 11) is -9.89. The van der Waals surface area contributed by atoms with Crippen molar-refractivity contribution in [3.8, 4) is 22.5 Å². The Kier molecular flexibility index (Phi) is 13.9. The molecule has 4 heterocycles. The second-order valence-electron chi connectivity index (χ2n) is 11.4. The van der Waals surface area contributed by atoms with Crippen LogP contribution in [0.3, 0.4) is 0 Å². The highest BCUT2D eigenvalue weighted by atomic mass is 35.7. The van der Waals surface area contributed by atoms with E-state index in [1.165, 1.54) is 70.9 Å². The monoisotopic (exact) mass is 726 g/mol. The van der Waals surface area contributed by atoms with Gasteiger partial charge in [0.2, 0.25) is 0 Å². The number of imidazole rings is 2. The summed E-state index contributed by atoms with van der Waals surface area (Å²) in [6.07, 6.45) is 11.2. The lowest BCUT2D eigenvalue weighted by Crippen LogP contribution is -2.68. The molecule has 2 aromatic carbocycles. The standard InChI is InChI=1S/C36H40N4.2ClHO4/c1-3-31-35(29-19-9-7-10-20-29)39(33-23-13-17-25-37(31)33)27-15-5-6-16-28-40-34-24-14-18-26-38(34)32(4-2)36(40)30-21-11-8-12-22-30;2*2-1(3,4)5/h7-14,17-26H,3-6,15-16,27-28H2,1-2H3;2*(H,2,3,4,5)/q+2;;/p-2. The minimum absolute atomic E-state index is 1.01. The van der Waals surface area contributed by atoms with Crippen LogP contribution in [0.4, 0.5) is 0 Å². The molecular formula is C36H40Cl2N4O8. The van der Waals surface area contributed by atoms with E-state index in [0.29, 0.717) is 0 Å². The Morgan fingerprint density at radius 1 is 0.460 bits per heavy atom. The van der Waals surface area contributed by atoms with E-state index in [-0.39, 0.29) is 0 Å². The number of aromatic nitrogens is 4. The molecule has 0 atom stereocenters. The predicted octanol–water partition coefficient (Wildman–Crippen LogP) is -2.03. The number of halogens is 2. The van der Waals surface area contributed by atoms with Gasteiger partial charge in [0.05, 0.1) is 25.5 Å². The molecule has 50 heavy (non-hydrogen) atoms. The maximum atomic E-state index is 8.49. The third kappa shape index (κ3) is 10.8. The minimum Gasteiger partial charge on any atom is -0.223 e. The SMILES string of the molecule is CCc1c(-c2ccccc2)[n+](CCCCCC[n+]2c(-c3ccccc3)c(CC)n3ccccc32)c2ccccn12.[O-][Cl+3]([O-])([O-])[O-].[O-][Cl+3]([O-])([O-])[O-]. The van der Waals surface area contributed by atoms with Gasteiger partial charge in [-0.15, -0.1) is 20.5 Å². The number of nitrogens with zero attached hydrogens (tertiary/aromatic N) is 4. The van der Waals surface area contributed by atoms with E-state index in [1.807, 2.05) is 0 Å². The van der Waals surface area contributed by atoms with E-state index in [1.54, 1.807) is 0 Å². The first-order valence-electron chi connectivity index (χ1n) is 16.2. The second-order valence-corrected chi connectivity index (χ2v) is 12.9. The topological polar surface area (TPSA) is 201 Å². The van der Waals surface area contributed by atoms with Crippen LogP contribution in [0, 0.1) is 20.5 Å². The van der Waals surface area contributed by atoms with Gasteiger partial charge in [-0.1, -0.05) is 86.6 Å². The molecule has 4 aromatic heterocycles. The van der Waals surface area contributed by atoms with Crippen molar-refractivity contribution in [2.45, 2.75) is 65.5 Å². The summed E-state index contributed by atoms with van der Waals surface area (Å²) in [5, 5.41) is 0. The lowest BCUT2D eigenvalue weighted by atomic mass is 10.1. The summed E-state index contributed by atoms with van der Waals surface area (Å²) in [5.74, 6) is 0. The first-order chi connectivity index (χ1) is 23.8. The van der Waals surface area contributed by atoms with E-state index in [0.717, 1.165) is 25.9 Å². The largest absolute Gasteiger partial charge is 0.286 e. The summed E-state index contributed by atoms with van der Waals surface area (Å²) in [5.41, 5.74) is 10.7. The number of benzene rings is 2. The highest BCUT2D eigenvalue weighted by Crippen LogP contribution is 2.25. The summed E-state index contributed by atoms with van der Waals surface area (Å²) in [6, 6.07) is 34.9. The Hall–Kier alpha value is -3.92. The van der Waals surface area contributed by atoms with Gasteiger partial charge in [-0.3, -0.25) is 0 Å². The van der Waals surface area contributed by atoms with Gasteiger partial charge in [0.25, 0.3) is 11.3 Å². The average molecular weight is 728 g/mol. The molecule has 0 spiro atoms. The van der Waals surface area contributed by atoms with Crippen molar-refractivity contribution < 1.29 is 66.9 Å². The van der Waals surface area contributed by atoms with Crippen molar-refractivity contribution in [1.29, 1.82) is 0 Å². The van der Waals surface area contributed by atoms with Crippen molar-refractivity contribution in [1.82, 2.24) is 8.80 Å². The second kappa shape index (κ2) is 17.8. The van der Waals surface area contributed by atoms with Gasteiger partial charge in [-0.05, 0) is 37.8 Å². The van der Waals surface area contributed by atoms with Crippen molar-refractivity contribution in [3.05, 3.63) is 121 Å². The molecule has 6 aromatic rings. The third-order valence-electron chi connectivity index (χ3n) is 8.18. The number of hydrogen-bond acceptors (Lipinski definition) is 8. The normalized spacial score (nSPS) is 11.6. The molecule has 0 aliphatic rings. The Labute approximate surface area is 295 Å². The van der Waals surface area contributed by atoms with Crippen LogP contribution in [0.2, 0.25) is 0 Å². The number of unbranched alkanes of at least 4 members (excludes halogenated alkanes) is 3. The lowest BCUT2D eigenvalue weighted by Gasteiger charge is -2.17. The van der Waals surface area contributed by atoms with Crippen LogP contribution in [-0.2, 0) is 25.9 Å². The first-order valence-corrected chi connectivity index (χ1v) is 18.7. The van der Waals surface area contributed by atoms with Gasteiger partial charge >= 0.3 is 0 Å². The van der Waals surface area contributed by atoms with Crippen molar-refractivity contribution in [2.75, 3.05) is 0 Å². The fourth-order valence-corrected chi connectivity index (χ4v) is 6.39. The van der Waals surface area contributed by atoms with Gasteiger partial charge < -0.3 is 0 Å². The summed E-state index contributed by atoms with van der Waals surface area (Å²) in [6.45, 7) is 6.61. The molecule has 14 heteroatoms. The van der Waals surface area contributed by atoms with Gasteiger partial charge in [-0.2, -0.15) is 8.80 Å². The summed E-state index contributed by atoms with van der Waals surface area (Å²) in [4.78, 5) is 0. The maximum Gasteiger partial charge on any atom is 0.286 e. The van der Waals surface area contributed by atoms with Crippen LogP contribution in [0.15, 0.2) is 109 Å². The molecule has 0 radical (unpaired) electrons. The molecular weight excluding hydrogens is 687 g/mol. The van der Waals surface area contributed by atoms with Crippen molar-refractivity contribution in [3.63, 3.8) is 0 Å². The van der Waals surface area contributed by atoms with E-state index < -0.39 is 20.5 Å². The number of fused-ring (bicyclic) bond motifs is 2. The van der Waals surface area contributed by atoms with Crippen LogP contribution in [0.25, 0.3) is 33.8 Å². The molecule has 0 bridgehead atoms. The number of aryl methyl sites for hydroxylation is 4. The van der Waals surface area contributed by atoms with Gasteiger partial charge in [0.15, 0.2) is 22.8 Å². The molecule has 12 nitrogen and oxygen atoms in total. The fourth-order valence-electron chi connectivity index (χ4n) is 6.39. The molecule has 0 amide bonds. The molecule has 0 fully saturated rings. The molecule has 0 unspecified atom stereocenters. The van der Waals surface area contributed by atoms with E-state index in [4.69, 9.17) is 37.3 Å². The molecule has 0 aliphatic heterocycles. The molecule has 0 aliphatic carbocycles. The zero-order valence-corrected chi connectivity index (χ0v) is 29.4. The maximum absolute atomic E-state index is 8.49. The Morgan fingerprint density at radius 3 is 1.10 bits per heavy atom. The zero-order chi connectivity index (χ0) is 36.3. The number of hydrogen-bond donors (Lipinski definition) is 0. The van der Waals surface area contributed by atoms with Gasteiger partial charge in [0, 0.05) is 36.1 Å². The van der Waals surface area contributed by atoms with Crippen LogP contribution in [-0.4, -0.2) is 8.80 Å². The third-order valence-corrected chi connectivity index (χ3v) is 8.18. The molecule has 266 valence electrons. The molecule has 0 N–H and O–H groups in total. The first kappa shape index (κ1) is 38.9. The Balaban J connectivity index is 0.000000496. The molecule has 0 saturated carbocycles. The van der Waals surface area contributed by atoms with Crippen LogP contribution in [0.5, 0.6) is 0 Å². The van der Waals surface area contributed by atoms with E-state index in [2.05, 4.69) is 141 Å². The Morgan fingerprint density at radius 2 is 0.780 bits per heavy atom. The minimum atomic E-state index is -4.94. The molecule has 0 saturated heterocycles. The number of rotatable bonds is 11. The number of pyridine rings is 2. The molecule has 6 rings (SSSR count). The van der Waals surface area contributed by atoms with Crippen molar-refractivity contribution in [2.24, 2.45) is 0 Å². The highest BCUT2D eigenvalue weighted by molar-refractivity contribution is 5.62. The summed E-state index contributed by atoms with van der Waals surface area (Å²) < 4.78 is 77.8. The van der Waals surface area contributed by atoms with Crippen LogP contribution < -0.4 is 46.4 Å². The van der Waals surface area contributed by atoms with Crippen LogP contribution >= 0.6 is 0 Å². The van der Waals surface area contributed by atoms with Gasteiger partial charge in [-0.25, -0.2) is 46.4 Å². The highest BCUT2D eigenvalue weighted by Gasteiger charge is 2.26. The van der Waals surface area contributed by atoms with Crippen molar-refractivity contribution >= 4 is 11.3 Å². The van der Waals surface area contributed by atoms with Crippen LogP contribution in [0.1, 0.15) is 50.9 Å². The average Bonchev–Trinajstić information content (AvgIpc) is 3.57.